The Hall–Kier alpha value is -1.52. The van der Waals surface area contributed by atoms with Crippen LogP contribution < -0.4 is 5.32 Å². The van der Waals surface area contributed by atoms with Gasteiger partial charge in [-0.05, 0) is 13.8 Å². The lowest BCUT2D eigenvalue weighted by molar-refractivity contribution is 0.130. The summed E-state index contributed by atoms with van der Waals surface area (Å²) < 4.78 is 6.47. The SMILES string of the molecule is CC(C)OC(=O)Nc1ccn(C)n1. The predicted molar refractivity (Wildman–Crippen MR) is 48.4 cm³/mol. The first-order chi connectivity index (χ1) is 6.08. The summed E-state index contributed by atoms with van der Waals surface area (Å²) in [7, 11) is 1.78. The van der Waals surface area contributed by atoms with Gasteiger partial charge < -0.3 is 4.74 Å². The van der Waals surface area contributed by atoms with E-state index < -0.39 is 6.09 Å². The number of hydrogen-bond acceptors (Lipinski definition) is 3. The van der Waals surface area contributed by atoms with Crippen LogP contribution in [0, 0.1) is 0 Å². The van der Waals surface area contributed by atoms with Crippen molar-refractivity contribution in [2.45, 2.75) is 20.0 Å². The number of aromatic nitrogens is 2. The lowest BCUT2D eigenvalue weighted by Gasteiger charge is -2.06. The average molecular weight is 183 g/mol. The molecule has 0 aliphatic heterocycles. The molecule has 0 fully saturated rings. The first-order valence-corrected chi connectivity index (χ1v) is 4.05. The van der Waals surface area contributed by atoms with Gasteiger partial charge in [-0.2, -0.15) is 5.10 Å². The Labute approximate surface area is 76.7 Å². The fourth-order valence-corrected chi connectivity index (χ4v) is 0.830. The van der Waals surface area contributed by atoms with Gasteiger partial charge in [0.25, 0.3) is 0 Å². The fourth-order valence-electron chi connectivity index (χ4n) is 0.830. The van der Waals surface area contributed by atoms with E-state index in [2.05, 4.69) is 10.4 Å². The molecule has 0 aliphatic carbocycles. The van der Waals surface area contributed by atoms with Crippen molar-refractivity contribution >= 4 is 11.9 Å². The van der Waals surface area contributed by atoms with E-state index in [-0.39, 0.29) is 6.10 Å². The zero-order valence-electron chi connectivity index (χ0n) is 7.94. The number of rotatable bonds is 2. The van der Waals surface area contributed by atoms with Gasteiger partial charge in [-0.25, -0.2) is 4.79 Å². The zero-order valence-corrected chi connectivity index (χ0v) is 7.94. The summed E-state index contributed by atoms with van der Waals surface area (Å²) in [5.41, 5.74) is 0. The third-order valence-corrected chi connectivity index (χ3v) is 1.29. The maximum absolute atomic E-state index is 11.0. The Morgan fingerprint density at radius 3 is 2.85 bits per heavy atom. The minimum atomic E-state index is -0.478. The highest BCUT2D eigenvalue weighted by atomic mass is 16.6. The monoisotopic (exact) mass is 183 g/mol. The molecule has 0 atom stereocenters. The van der Waals surface area contributed by atoms with Gasteiger partial charge in [0.15, 0.2) is 5.82 Å². The smallest absolute Gasteiger partial charge is 0.413 e. The Morgan fingerprint density at radius 2 is 2.38 bits per heavy atom. The van der Waals surface area contributed by atoms with Crippen LogP contribution in [-0.2, 0) is 11.8 Å². The average Bonchev–Trinajstić information content (AvgIpc) is 2.33. The van der Waals surface area contributed by atoms with E-state index in [0.717, 1.165) is 0 Å². The maximum atomic E-state index is 11.0. The normalized spacial score (nSPS) is 10.2. The van der Waals surface area contributed by atoms with E-state index >= 15 is 0 Å². The summed E-state index contributed by atoms with van der Waals surface area (Å²) in [5.74, 6) is 0.494. The molecule has 1 amide bonds. The molecule has 0 radical (unpaired) electrons. The highest BCUT2D eigenvalue weighted by Crippen LogP contribution is 2.02. The second-order valence-corrected chi connectivity index (χ2v) is 2.95. The van der Waals surface area contributed by atoms with Crippen LogP contribution in [0.15, 0.2) is 12.3 Å². The molecule has 5 heteroatoms. The van der Waals surface area contributed by atoms with Crippen molar-refractivity contribution in [2.24, 2.45) is 7.05 Å². The number of amides is 1. The number of aryl methyl sites for hydroxylation is 1. The summed E-state index contributed by atoms with van der Waals surface area (Å²) in [6.45, 7) is 3.58. The summed E-state index contributed by atoms with van der Waals surface area (Å²) in [4.78, 5) is 11.0. The van der Waals surface area contributed by atoms with E-state index in [1.807, 2.05) is 0 Å². The molecule has 0 spiro atoms. The molecule has 1 N–H and O–H groups in total. The second-order valence-electron chi connectivity index (χ2n) is 2.95. The fraction of sp³-hybridized carbons (Fsp3) is 0.500. The van der Waals surface area contributed by atoms with Crippen molar-refractivity contribution in [1.82, 2.24) is 9.78 Å². The third-order valence-electron chi connectivity index (χ3n) is 1.29. The van der Waals surface area contributed by atoms with Gasteiger partial charge in [-0.15, -0.1) is 0 Å². The molecule has 13 heavy (non-hydrogen) atoms. The van der Waals surface area contributed by atoms with Crippen molar-refractivity contribution in [3.05, 3.63) is 12.3 Å². The predicted octanol–water partition coefficient (Wildman–Crippen LogP) is 1.38. The Morgan fingerprint density at radius 1 is 1.69 bits per heavy atom. The third kappa shape index (κ3) is 3.14. The Bertz CT molecular complexity index is 293. The van der Waals surface area contributed by atoms with E-state index in [1.54, 1.807) is 37.8 Å². The van der Waals surface area contributed by atoms with Crippen molar-refractivity contribution in [3.63, 3.8) is 0 Å². The van der Waals surface area contributed by atoms with E-state index in [4.69, 9.17) is 4.74 Å². The molecule has 1 aromatic heterocycles. The number of hydrogen-bond donors (Lipinski definition) is 1. The first-order valence-electron chi connectivity index (χ1n) is 4.05. The Balaban J connectivity index is 2.45. The van der Waals surface area contributed by atoms with Crippen molar-refractivity contribution in [1.29, 1.82) is 0 Å². The molecule has 0 aromatic carbocycles. The standard InChI is InChI=1S/C8H13N3O2/c1-6(2)13-8(12)9-7-4-5-11(3)10-7/h4-6H,1-3H3,(H,9,10,12). The first kappa shape index (κ1) is 9.57. The quantitative estimate of drug-likeness (QED) is 0.753. The van der Waals surface area contributed by atoms with Gasteiger partial charge in [-0.1, -0.05) is 0 Å². The van der Waals surface area contributed by atoms with Crippen LogP contribution in [0.3, 0.4) is 0 Å². The highest BCUT2D eigenvalue weighted by Gasteiger charge is 2.06. The summed E-state index contributed by atoms with van der Waals surface area (Å²) in [6, 6.07) is 1.70. The molecule has 0 unspecified atom stereocenters. The van der Waals surface area contributed by atoms with E-state index in [0.29, 0.717) is 5.82 Å². The van der Waals surface area contributed by atoms with Gasteiger partial charge in [-0.3, -0.25) is 10.00 Å². The van der Waals surface area contributed by atoms with Crippen LogP contribution in [0.25, 0.3) is 0 Å². The van der Waals surface area contributed by atoms with Crippen LogP contribution in [0.1, 0.15) is 13.8 Å². The molecule has 0 saturated heterocycles. The molecule has 1 aromatic rings. The van der Waals surface area contributed by atoms with Gasteiger partial charge in [0.1, 0.15) is 0 Å². The van der Waals surface area contributed by atoms with Gasteiger partial charge in [0.2, 0.25) is 0 Å². The molecule has 1 rings (SSSR count). The van der Waals surface area contributed by atoms with Crippen molar-refractivity contribution in [2.75, 3.05) is 5.32 Å². The zero-order chi connectivity index (χ0) is 9.84. The summed E-state index contributed by atoms with van der Waals surface area (Å²) >= 11 is 0. The molecule has 1 heterocycles. The number of carbonyl (C=O) groups is 1. The van der Waals surface area contributed by atoms with Gasteiger partial charge in [0, 0.05) is 19.3 Å². The highest BCUT2D eigenvalue weighted by molar-refractivity contribution is 5.83. The number of carbonyl (C=O) groups excluding carboxylic acids is 1. The van der Waals surface area contributed by atoms with Crippen molar-refractivity contribution < 1.29 is 9.53 Å². The molecule has 5 nitrogen and oxygen atoms in total. The minimum Gasteiger partial charge on any atom is -0.447 e. The van der Waals surface area contributed by atoms with E-state index in [9.17, 15) is 4.79 Å². The van der Waals surface area contributed by atoms with Crippen LogP contribution in [-0.4, -0.2) is 22.0 Å². The molecular formula is C8H13N3O2. The molecule has 0 bridgehead atoms. The van der Waals surface area contributed by atoms with Gasteiger partial charge in [0.05, 0.1) is 6.10 Å². The topological polar surface area (TPSA) is 56.1 Å². The number of nitrogens with one attached hydrogen (secondary N) is 1. The molecule has 0 aliphatic rings. The number of ether oxygens (including phenoxy) is 1. The largest absolute Gasteiger partial charge is 0.447 e. The summed E-state index contributed by atoms with van der Waals surface area (Å²) in [5, 5.41) is 6.46. The number of anilines is 1. The molecule has 0 saturated carbocycles. The van der Waals surface area contributed by atoms with Gasteiger partial charge >= 0.3 is 6.09 Å². The molecule has 72 valence electrons. The van der Waals surface area contributed by atoms with Crippen LogP contribution >= 0.6 is 0 Å². The van der Waals surface area contributed by atoms with Crippen molar-refractivity contribution in [3.8, 4) is 0 Å². The Kier molecular flexibility index (Phi) is 2.89. The molecular weight excluding hydrogens is 170 g/mol. The van der Waals surface area contributed by atoms with Crippen LogP contribution in [0.5, 0.6) is 0 Å². The number of nitrogens with zero attached hydrogens (tertiary/aromatic N) is 2. The van der Waals surface area contributed by atoms with Crippen LogP contribution in [0.4, 0.5) is 10.6 Å². The minimum absolute atomic E-state index is 0.122. The second kappa shape index (κ2) is 3.93. The lowest BCUT2D eigenvalue weighted by Crippen LogP contribution is -2.18. The summed E-state index contributed by atoms with van der Waals surface area (Å²) in [6.07, 6.45) is 1.14. The lowest BCUT2D eigenvalue weighted by atomic mass is 10.5. The maximum Gasteiger partial charge on any atom is 0.413 e. The van der Waals surface area contributed by atoms with E-state index in [1.165, 1.54) is 0 Å². The van der Waals surface area contributed by atoms with Crippen LogP contribution in [0.2, 0.25) is 0 Å².